The van der Waals surface area contributed by atoms with Gasteiger partial charge in [0.1, 0.15) is 0 Å². The molecule has 2 nitrogen and oxygen atoms in total. The monoisotopic (exact) mass is 236 g/mol. The van der Waals surface area contributed by atoms with Crippen LogP contribution in [-0.4, -0.2) is 37.1 Å². The highest BCUT2D eigenvalue weighted by Crippen LogP contribution is 2.30. The molecule has 1 N–H and O–H groups in total. The van der Waals surface area contributed by atoms with Crippen LogP contribution in [0.1, 0.15) is 40.0 Å². The summed E-state index contributed by atoms with van der Waals surface area (Å²) in [5.41, 5.74) is 0. The molecular weight excluding hydrogens is 208 g/mol. The van der Waals surface area contributed by atoms with Gasteiger partial charge in [0.2, 0.25) is 0 Å². The largest absolute Gasteiger partial charge is 0.316 e. The lowest BCUT2D eigenvalue weighted by Gasteiger charge is -2.32. The van der Waals surface area contributed by atoms with Gasteiger partial charge in [0.05, 0.1) is 6.54 Å². The van der Waals surface area contributed by atoms with Crippen molar-refractivity contribution in [1.82, 2.24) is 10.2 Å². The zero-order valence-corrected chi connectivity index (χ0v) is 11.7. The summed E-state index contributed by atoms with van der Waals surface area (Å²) in [6, 6.07) is 0.580. The van der Waals surface area contributed by atoms with Gasteiger partial charge < -0.3 is 5.32 Å². The number of rotatable bonds is 9. The van der Waals surface area contributed by atoms with Crippen molar-refractivity contribution in [2.24, 2.45) is 11.8 Å². The minimum atomic E-state index is 0.580. The summed E-state index contributed by atoms with van der Waals surface area (Å²) in [7, 11) is 0. The lowest BCUT2D eigenvalue weighted by Crippen LogP contribution is -2.42. The Kier molecular flexibility index (Phi) is 6.62. The van der Waals surface area contributed by atoms with Crippen molar-refractivity contribution in [3.63, 3.8) is 0 Å². The molecule has 0 aromatic carbocycles. The Bertz CT molecular complexity index is 240. The Morgan fingerprint density at radius 2 is 2.12 bits per heavy atom. The van der Waals surface area contributed by atoms with Crippen LogP contribution in [0.5, 0.6) is 0 Å². The van der Waals surface area contributed by atoms with Crippen LogP contribution < -0.4 is 5.32 Å². The maximum absolute atomic E-state index is 5.48. The maximum Gasteiger partial charge on any atom is 0.0601 e. The van der Waals surface area contributed by atoms with Gasteiger partial charge in [0.15, 0.2) is 0 Å². The van der Waals surface area contributed by atoms with Crippen molar-refractivity contribution >= 4 is 0 Å². The molecule has 2 heteroatoms. The molecule has 2 atom stereocenters. The highest BCUT2D eigenvalue weighted by atomic mass is 15.2. The number of hydrogen-bond donors (Lipinski definition) is 1. The zero-order valence-electron chi connectivity index (χ0n) is 11.7. The summed E-state index contributed by atoms with van der Waals surface area (Å²) in [6.07, 6.45) is 9.48. The quantitative estimate of drug-likeness (QED) is 0.488. The van der Waals surface area contributed by atoms with E-state index in [2.05, 4.69) is 36.9 Å². The molecule has 0 spiro atoms. The first-order chi connectivity index (χ1) is 8.19. The number of nitrogens with zero attached hydrogens (tertiary/aromatic N) is 1. The summed E-state index contributed by atoms with van der Waals surface area (Å²) >= 11 is 0. The Balaban J connectivity index is 2.33. The van der Waals surface area contributed by atoms with Crippen molar-refractivity contribution in [3.05, 3.63) is 0 Å². The molecule has 0 amide bonds. The van der Waals surface area contributed by atoms with Crippen molar-refractivity contribution in [1.29, 1.82) is 0 Å². The van der Waals surface area contributed by atoms with E-state index in [0.717, 1.165) is 25.6 Å². The van der Waals surface area contributed by atoms with Crippen LogP contribution in [0.3, 0.4) is 0 Å². The molecule has 1 rings (SSSR count). The van der Waals surface area contributed by atoms with Crippen molar-refractivity contribution in [2.75, 3.05) is 26.2 Å². The number of hydrogen-bond acceptors (Lipinski definition) is 2. The highest BCUT2D eigenvalue weighted by Gasteiger charge is 2.27. The van der Waals surface area contributed by atoms with Crippen molar-refractivity contribution < 1.29 is 0 Å². The van der Waals surface area contributed by atoms with E-state index in [1.54, 1.807) is 0 Å². The van der Waals surface area contributed by atoms with Crippen LogP contribution in [0.25, 0.3) is 0 Å². The van der Waals surface area contributed by atoms with E-state index in [1.165, 1.54) is 25.8 Å². The van der Waals surface area contributed by atoms with Crippen LogP contribution >= 0.6 is 0 Å². The predicted octanol–water partition coefficient (Wildman–Crippen LogP) is 2.36. The fourth-order valence-corrected chi connectivity index (χ4v) is 2.16. The molecule has 98 valence electrons. The maximum atomic E-state index is 5.48. The second-order valence-corrected chi connectivity index (χ2v) is 5.50. The smallest absolute Gasteiger partial charge is 0.0601 e. The van der Waals surface area contributed by atoms with Crippen molar-refractivity contribution in [3.8, 4) is 12.3 Å². The molecule has 17 heavy (non-hydrogen) atoms. The van der Waals surface area contributed by atoms with E-state index in [0.29, 0.717) is 12.0 Å². The minimum Gasteiger partial charge on any atom is -0.316 e. The van der Waals surface area contributed by atoms with E-state index in [1.807, 2.05) is 0 Å². The zero-order chi connectivity index (χ0) is 12.7. The molecule has 1 aliphatic carbocycles. The van der Waals surface area contributed by atoms with Crippen LogP contribution in [0.2, 0.25) is 0 Å². The molecule has 1 aliphatic rings. The van der Waals surface area contributed by atoms with E-state index in [9.17, 15) is 0 Å². The van der Waals surface area contributed by atoms with Crippen LogP contribution in [0, 0.1) is 24.2 Å². The Morgan fingerprint density at radius 1 is 1.41 bits per heavy atom. The van der Waals surface area contributed by atoms with Gasteiger partial charge in [-0.15, -0.1) is 6.42 Å². The predicted molar refractivity (Wildman–Crippen MR) is 74.9 cm³/mol. The van der Waals surface area contributed by atoms with Gasteiger partial charge in [-0.3, -0.25) is 4.90 Å². The molecule has 0 bridgehead atoms. The molecule has 1 fully saturated rings. The first-order valence-corrected chi connectivity index (χ1v) is 7.07. The van der Waals surface area contributed by atoms with E-state index < -0.39 is 0 Å². The normalized spacial score (nSPS) is 19.0. The van der Waals surface area contributed by atoms with Gasteiger partial charge >= 0.3 is 0 Å². The second kappa shape index (κ2) is 7.74. The Morgan fingerprint density at radius 3 is 2.65 bits per heavy atom. The third kappa shape index (κ3) is 5.57. The first kappa shape index (κ1) is 14.5. The number of nitrogens with one attached hydrogen (secondary N) is 1. The molecule has 0 heterocycles. The van der Waals surface area contributed by atoms with E-state index in [-0.39, 0.29) is 0 Å². The molecule has 0 aromatic heterocycles. The van der Waals surface area contributed by atoms with Crippen LogP contribution in [0.4, 0.5) is 0 Å². The van der Waals surface area contributed by atoms with Crippen LogP contribution in [-0.2, 0) is 0 Å². The fraction of sp³-hybridized carbons (Fsp3) is 0.867. The average molecular weight is 236 g/mol. The Hall–Kier alpha value is -0.520. The van der Waals surface area contributed by atoms with Gasteiger partial charge in [-0.1, -0.05) is 19.8 Å². The van der Waals surface area contributed by atoms with Gasteiger partial charge in [0.25, 0.3) is 0 Å². The van der Waals surface area contributed by atoms with Gasteiger partial charge in [0, 0.05) is 12.6 Å². The first-order valence-electron chi connectivity index (χ1n) is 7.07. The van der Waals surface area contributed by atoms with Gasteiger partial charge in [-0.25, -0.2) is 0 Å². The molecule has 0 saturated heterocycles. The second-order valence-electron chi connectivity index (χ2n) is 5.50. The third-order valence-corrected chi connectivity index (χ3v) is 3.78. The SMILES string of the molecule is C#CCN(CC1CC1)C(C)C(C)CNCCC. The fourth-order valence-electron chi connectivity index (χ4n) is 2.16. The molecule has 2 unspecified atom stereocenters. The summed E-state index contributed by atoms with van der Waals surface area (Å²) in [6.45, 7) is 11.1. The summed E-state index contributed by atoms with van der Waals surface area (Å²) < 4.78 is 0. The third-order valence-electron chi connectivity index (χ3n) is 3.78. The summed E-state index contributed by atoms with van der Waals surface area (Å²) in [4.78, 5) is 2.48. The van der Waals surface area contributed by atoms with Crippen LogP contribution in [0.15, 0.2) is 0 Å². The molecule has 0 aliphatic heterocycles. The summed E-state index contributed by atoms with van der Waals surface area (Å²) in [5, 5.41) is 3.50. The topological polar surface area (TPSA) is 15.3 Å². The molecule has 0 radical (unpaired) electrons. The van der Waals surface area contributed by atoms with Gasteiger partial charge in [-0.05, 0) is 51.1 Å². The lowest BCUT2D eigenvalue weighted by molar-refractivity contribution is 0.172. The molecule has 0 aromatic rings. The van der Waals surface area contributed by atoms with E-state index >= 15 is 0 Å². The molecule has 1 saturated carbocycles. The highest BCUT2D eigenvalue weighted by molar-refractivity contribution is 4.92. The molecular formula is C15H28N2. The summed E-state index contributed by atoms with van der Waals surface area (Å²) in [5.74, 6) is 4.39. The minimum absolute atomic E-state index is 0.580. The lowest BCUT2D eigenvalue weighted by atomic mass is 10.0. The van der Waals surface area contributed by atoms with Crippen molar-refractivity contribution in [2.45, 2.75) is 46.1 Å². The van der Waals surface area contributed by atoms with Gasteiger partial charge in [-0.2, -0.15) is 0 Å². The number of terminal acetylenes is 1. The average Bonchev–Trinajstić information content (AvgIpc) is 3.11. The van der Waals surface area contributed by atoms with E-state index in [4.69, 9.17) is 6.42 Å². The Labute approximate surface area is 107 Å². The standard InChI is InChI=1S/C15H28N2/c1-5-9-16-11-13(3)14(4)17(10-6-2)12-15-7-8-15/h2,13-16H,5,7-12H2,1,3-4H3.